The summed E-state index contributed by atoms with van der Waals surface area (Å²) < 4.78 is 20.4. The second-order valence-corrected chi connectivity index (χ2v) is 9.32. The van der Waals surface area contributed by atoms with Gasteiger partial charge in [0.15, 0.2) is 0 Å². The van der Waals surface area contributed by atoms with Crippen molar-refractivity contribution in [1.82, 2.24) is 9.97 Å². The molecule has 0 spiro atoms. The van der Waals surface area contributed by atoms with E-state index in [0.717, 1.165) is 26.1 Å². The number of thiophene rings is 1. The van der Waals surface area contributed by atoms with Gasteiger partial charge in [-0.15, -0.1) is 11.3 Å². The van der Waals surface area contributed by atoms with Gasteiger partial charge in [0, 0.05) is 34.0 Å². The smallest absolute Gasteiger partial charge is 0.307 e. The molecule has 0 atom stereocenters. The molecule has 2 aromatic carbocycles. The molecule has 34 heavy (non-hydrogen) atoms. The summed E-state index contributed by atoms with van der Waals surface area (Å²) in [6, 6.07) is 10.1. The number of hydrogen-bond acceptors (Lipinski definition) is 6. The average Bonchev–Trinajstić information content (AvgIpc) is 3.11. The predicted molar refractivity (Wildman–Crippen MR) is 134 cm³/mol. The maximum Gasteiger partial charge on any atom is 0.307 e. The van der Waals surface area contributed by atoms with Crippen LogP contribution in [0.25, 0.3) is 21.3 Å². The van der Waals surface area contributed by atoms with E-state index in [1.165, 1.54) is 18.5 Å². The molecule has 176 valence electrons. The number of nitrogens with one attached hydrogen (secondary N) is 1. The van der Waals surface area contributed by atoms with E-state index in [0.29, 0.717) is 47.4 Å². The minimum Gasteiger partial charge on any atom is -0.494 e. The Morgan fingerprint density at radius 1 is 1.24 bits per heavy atom. The minimum absolute atomic E-state index is 0.113. The Hall–Kier alpha value is -3.23. The van der Waals surface area contributed by atoms with E-state index in [-0.39, 0.29) is 12.2 Å². The first-order valence-electron chi connectivity index (χ1n) is 10.8. The van der Waals surface area contributed by atoms with Gasteiger partial charge in [-0.25, -0.2) is 14.4 Å². The molecule has 0 unspecified atom stereocenters. The highest BCUT2D eigenvalue weighted by Gasteiger charge is 2.14. The maximum atomic E-state index is 13.9. The van der Waals surface area contributed by atoms with Crippen LogP contribution in [0.5, 0.6) is 5.75 Å². The van der Waals surface area contributed by atoms with Crippen LogP contribution in [-0.2, 0) is 17.6 Å². The number of aliphatic carboxylic acids is 1. The monoisotopic (exact) mass is 499 g/mol. The van der Waals surface area contributed by atoms with Gasteiger partial charge < -0.3 is 15.2 Å². The standard InChI is InChI=1S/C25H23ClFN3O3S/c1-3-33-22-8-15(4-5-16(22)9-24(31)32)21-12-23(30-13-29-21)28-7-6-18-14(2)34-25-19(18)10-17(27)11-20(25)26/h4-5,8,10-13H,3,6-7,9H2,1-2H3,(H,31,32)(H,28,29,30). The summed E-state index contributed by atoms with van der Waals surface area (Å²) in [6.45, 7) is 4.89. The Balaban J connectivity index is 1.51. The number of aromatic nitrogens is 2. The van der Waals surface area contributed by atoms with Crippen molar-refractivity contribution in [2.75, 3.05) is 18.5 Å². The summed E-state index contributed by atoms with van der Waals surface area (Å²) in [5.74, 6) is -0.0770. The van der Waals surface area contributed by atoms with Gasteiger partial charge in [-0.3, -0.25) is 4.79 Å². The van der Waals surface area contributed by atoms with Crippen molar-refractivity contribution in [1.29, 1.82) is 0 Å². The van der Waals surface area contributed by atoms with Crippen LogP contribution in [0.1, 0.15) is 22.9 Å². The Kier molecular flexibility index (Phi) is 7.29. The van der Waals surface area contributed by atoms with Crippen molar-refractivity contribution < 1.29 is 19.0 Å². The Morgan fingerprint density at radius 3 is 2.82 bits per heavy atom. The van der Waals surface area contributed by atoms with Crippen LogP contribution in [0.3, 0.4) is 0 Å². The van der Waals surface area contributed by atoms with Gasteiger partial charge in [0.2, 0.25) is 0 Å². The summed E-state index contributed by atoms with van der Waals surface area (Å²) in [5, 5.41) is 13.7. The van der Waals surface area contributed by atoms with Crippen LogP contribution in [0.4, 0.5) is 10.2 Å². The number of benzene rings is 2. The maximum absolute atomic E-state index is 13.9. The number of aryl methyl sites for hydroxylation is 1. The fraction of sp³-hybridized carbons (Fsp3) is 0.240. The lowest BCUT2D eigenvalue weighted by Gasteiger charge is -2.12. The van der Waals surface area contributed by atoms with E-state index < -0.39 is 5.97 Å². The van der Waals surface area contributed by atoms with Crippen LogP contribution in [0.15, 0.2) is 42.7 Å². The molecule has 0 aliphatic carbocycles. The second kappa shape index (κ2) is 10.4. The molecule has 2 heterocycles. The van der Waals surface area contributed by atoms with Gasteiger partial charge >= 0.3 is 5.97 Å². The lowest BCUT2D eigenvalue weighted by molar-refractivity contribution is -0.136. The molecule has 6 nitrogen and oxygen atoms in total. The number of ether oxygens (including phenoxy) is 1. The van der Waals surface area contributed by atoms with Gasteiger partial charge in [0.05, 0.1) is 28.4 Å². The number of anilines is 1. The number of carboxylic acids is 1. The summed E-state index contributed by atoms with van der Waals surface area (Å²) in [5.41, 5.74) is 3.16. The third-order valence-corrected chi connectivity index (χ3v) is 6.97. The van der Waals surface area contributed by atoms with Crippen molar-refractivity contribution >= 4 is 44.8 Å². The molecule has 0 fully saturated rings. The van der Waals surface area contributed by atoms with Crippen molar-refractivity contribution in [3.8, 4) is 17.0 Å². The summed E-state index contributed by atoms with van der Waals surface area (Å²) >= 11 is 7.79. The Morgan fingerprint density at radius 2 is 2.06 bits per heavy atom. The zero-order valence-electron chi connectivity index (χ0n) is 18.7. The van der Waals surface area contributed by atoms with Gasteiger partial charge in [-0.1, -0.05) is 23.7 Å². The molecule has 0 saturated carbocycles. The molecule has 2 aromatic heterocycles. The molecule has 0 radical (unpaired) electrons. The fourth-order valence-corrected chi connectivity index (χ4v) is 5.26. The summed E-state index contributed by atoms with van der Waals surface area (Å²) in [6.07, 6.45) is 2.05. The normalized spacial score (nSPS) is 11.1. The Bertz CT molecular complexity index is 1360. The fourth-order valence-electron chi connectivity index (χ4n) is 3.84. The van der Waals surface area contributed by atoms with Crippen LogP contribution in [-0.4, -0.2) is 34.2 Å². The molecule has 9 heteroatoms. The lowest BCUT2D eigenvalue weighted by Crippen LogP contribution is -2.07. The molecular formula is C25H23ClFN3O3S. The predicted octanol–water partition coefficient (Wildman–Crippen LogP) is 6.14. The number of hydrogen-bond donors (Lipinski definition) is 2. The zero-order valence-corrected chi connectivity index (χ0v) is 20.3. The SMILES string of the molecule is CCOc1cc(-c2cc(NCCc3c(C)sc4c(Cl)cc(F)cc34)ncn2)ccc1CC(=O)O. The van der Waals surface area contributed by atoms with Gasteiger partial charge in [-0.05, 0) is 44.0 Å². The van der Waals surface area contributed by atoms with E-state index in [4.69, 9.17) is 21.4 Å². The molecule has 0 aliphatic heterocycles. The molecule has 4 aromatic rings. The van der Waals surface area contributed by atoms with Crippen molar-refractivity contribution in [2.45, 2.75) is 26.7 Å². The summed E-state index contributed by atoms with van der Waals surface area (Å²) in [7, 11) is 0. The van der Waals surface area contributed by atoms with Crippen LogP contribution in [0, 0.1) is 12.7 Å². The van der Waals surface area contributed by atoms with E-state index in [1.54, 1.807) is 23.5 Å². The zero-order chi connectivity index (χ0) is 24.2. The van der Waals surface area contributed by atoms with E-state index in [1.807, 2.05) is 26.0 Å². The number of fused-ring (bicyclic) bond motifs is 1. The molecule has 2 N–H and O–H groups in total. The first-order chi connectivity index (χ1) is 16.4. The van der Waals surface area contributed by atoms with Crippen LogP contribution < -0.4 is 10.1 Å². The number of rotatable bonds is 9. The first-order valence-corrected chi connectivity index (χ1v) is 12.0. The average molecular weight is 500 g/mol. The molecule has 0 saturated heterocycles. The number of carbonyl (C=O) groups is 1. The van der Waals surface area contributed by atoms with Gasteiger partial charge in [0.1, 0.15) is 23.7 Å². The number of nitrogens with zero attached hydrogens (tertiary/aromatic N) is 2. The minimum atomic E-state index is -0.916. The lowest BCUT2D eigenvalue weighted by atomic mass is 10.1. The van der Waals surface area contributed by atoms with E-state index >= 15 is 0 Å². The largest absolute Gasteiger partial charge is 0.494 e. The number of carboxylic acid groups (broad SMARTS) is 1. The van der Waals surface area contributed by atoms with Gasteiger partial charge in [0.25, 0.3) is 0 Å². The summed E-state index contributed by atoms with van der Waals surface area (Å²) in [4.78, 5) is 20.9. The quantitative estimate of drug-likeness (QED) is 0.288. The first kappa shape index (κ1) is 23.9. The molecule has 0 aliphatic rings. The molecule has 0 amide bonds. The van der Waals surface area contributed by atoms with Crippen molar-refractivity contribution in [3.63, 3.8) is 0 Å². The Labute approximate surface area is 205 Å². The molecular weight excluding hydrogens is 477 g/mol. The third-order valence-electron chi connectivity index (χ3n) is 5.37. The molecule has 4 rings (SSSR count). The van der Waals surface area contributed by atoms with Crippen molar-refractivity contribution in [2.24, 2.45) is 0 Å². The number of halogens is 2. The molecule has 0 bridgehead atoms. The van der Waals surface area contributed by atoms with Crippen LogP contribution >= 0.6 is 22.9 Å². The van der Waals surface area contributed by atoms with E-state index in [9.17, 15) is 9.18 Å². The third kappa shape index (κ3) is 5.29. The topological polar surface area (TPSA) is 84.3 Å². The highest BCUT2D eigenvalue weighted by molar-refractivity contribution is 7.19. The second-order valence-electron chi connectivity index (χ2n) is 7.69. The van der Waals surface area contributed by atoms with Gasteiger partial charge in [-0.2, -0.15) is 0 Å². The highest BCUT2D eigenvalue weighted by atomic mass is 35.5. The highest BCUT2D eigenvalue weighted by Crippen LogP contribution is 2.36. The van der Waals surface area contributed by atoms with Crippen LogP contribution in [0.2, 0.25) is 5.02 Å². The van der Waals surface area contributed by atoms with Crippen molar-refractivity contribution in [3.05, 3.63) is 69.6 Å². The van der Waals surface area contributed by atoms with E-state index in [2.05, 4.69) is 15.3 Å².